The van der Waals surface area contributed by atoms with Crippen LogP contribution in [-0.2, 0) is 6.42 Å². The Morgan fingerprint density at radius 2 is 1.38 bits per heavy atom. The summed E-state index contributed by atoms with van der Waals surface area (Å²) in [5.41, 5.74) is 5.93. The van der Waals surface area contributed by atoms with Crippen molar-refractivity contribution in [2.24, 2.45) is 0 Å². The summed E-state index contributed by atoms with van der Waals surface area (Å²) in [6.07, 6.45) is 0.918. The van der Waals surface area contributed by atoms with E-state index >= 15 is 0 Å². The molecule has 0 aromatic heterocycles. The lowest BCUT2D eigenvalue weighted by Crippen LogP contribution is -2.40. The molecule has 0 amide bonds. The Labute approximate surface area is 199 Å². The number of hydrogen-bond donors (Lipinski definition) is 2. The van der Waals surface area contributed by atoms with Gasteiger partial charge in [-0.1, -0.05) is 83.9 Å². The van der Waals surface area contributed by atoms with Gasteiger partial charge in [-0.05, 0) is 65.6 Å². The van der Waals surface area contributed by atoms with Crippen molar-refractivity contribution in [3.8, 4) is 0 Å². The number of rotatable bonds is 5. The first-order valence-electron chi connectivity index (χ1n) is 10.8. The van der Waals surface area contributed by atoms with Crippen molar-refractivity contribution in [2.45, 2.75) is 24.4 Å². The number of halogens is 2. The van der Waals surface area contributed by atoms with Crippen LogP contribution < -0.4 is 10.6 Å². The Balaban J connectivity index is 1.61. The number of nitrogens with one attached hydrogen (secondary N) is 2. The molecule has 5 rings (SSSR count). The molecule has 2 nitrogen and oxygen atoms in total. The van der Waals surface area contributed by atoms with Crippen molar-refractivity contribution in [3.63, 3.8) is 0 Å². The molecule has 0 spiro atoms. The van der Waals surface area contributed by atoms with E-state index in [1.165, 1.54) is 16.7 Å². The lowest BCUT2D eigenvalue weighted by atomic mass is 9.76. The van der Waals surface area contributed by atoms with Gasteiger partial charge in [0.1, 0.15) is 0 Å². The third-order valence-electron chi connectivity index (χ3n) is 6.13. The highest BCUT2D eigenvalue weighted by Gasteiger charge is 2.38. The van der Waals surface area contributed by atoms with Gasteiger partial charge in [-0.3, -0.25) is 0 Å². The van der Waals surface area contributed by atoms with Gasteiger partial charge in [0.15, 0.2) is 0 Å². The van der Waals surface area contributed by atoms with Crippen molar-refractivity contribution in [1.29, 1.82) is 0 Å². The second kappa shape index (κ2) is 9.28. The molecule has 1 aliphatic heterocycles. The SMILES string of the molecule is Clc1ccc(N[C@@H]2c3cc(Cl)ccc3N[C@H](Cc3ccccc3)[C@@H]2c2ccccc2)cc1. The molecule has 0 saturated carbocycles. The number of fused-ring (bicyclic) bond motifs is 1. The molecule has 0 aliphatic carbocycles. The van der Waals surface area contributed by atoms with Gasteiger partial charge in [-0.2, -0.15) is 0 Å². The molecule has 3 atom stereocenters. The largest absolute Gasteiger partial charge is 0.381 e. The van der Waals surface area contributed by atoms with E-state index in [9.17, 15) is 0 Å². The standard InChI is InChI=1S/C28H24Cl2N2/c29-21-11-14-23(15-12-21)31-28-24-18-22(30)13-16-25(24)32-26(17-19-7-3-1-4-8-19)27(28)20-9-5-2-6-10-20/h1-16,18,26-28,31-32H,17H2/t26-,27+,28-/m1/s1. The highest BCUT2D eigenvalue weighted by molar-refractivity contribution is 6.31. The predicted octanol–water partition coefficient (Wildman–Crippen LogP) is 7.97. The van der Waals surface area contributed by atoms with Gasteiger partial charge in [0.2, 0.25) is 0 Å². The molecular formula is C28H24Cl2N2. The Kier molecular flexibility index (Phi) is 6.07. The zero-order valence-corrected chi connectivity index (χ0v) is 19.0. The van der Waals surface area contributed by atoms with E-state index in [0.29, 0.717) is 0 Å². The van der Waals surface area contributed by atoms with E-state index in [-0.39, 0.29) is 18.0 Å². The predicted molar refractivity (Wildman–Crippen MR) is 136 cm³/mol. The number of anilines is 2. The lowest BCUT2D eigenvalue weighted by molar-refractivity contribution is 0.480. The smallest absolute Gasteiger partial charge is 0.0623 e. The zero-order chi connectivity index (χ0) is 21.9. The Morgan fingerprint density at radius 3 is 2.09 bits per heavy atom. The summed E-state index contributed by atoms with van der Waals surface area (Å²) in [6, 6.07) is 35.7. The fourth-order valence-electron chi connectivity index (χ4n) is 4.68. The number of hydrogen-bond acceptors (Lipinski definition) is 2. The van der Waals surface area contributed by atoms with E-state index in [1.54, 1.807) is 0 Å². The van der Waals surface area contributed by atoms with E-state index in [2.05, 4.69) is 83.4 Å². The normalized spacial score (nSPS) is 19.6. The molecule has 160 valence electrons. The van der Waals surface area contributed by atoms with E-state index < -0.39 is 0 Å². The Hall–Kier alpha value is -2.94. The maximum atomic E-state index is 6.45. The summed E-state index contributed by atoms with van der Waals surface area (Å²) in [5.74, 6) is 0.193. The fourth-order valence-corrected chi connectivity index (χ4v) is 4.98. The van der Waals surface area contributed by atoms with Gasteiger partial charge < -0.3 is 10.6 Å². The first-order chi connectivity index (χ1) is 15.7. The molecule has 1 aliphatic rings. The molecular weight excluding hydrogens is 435 g/mol. The van der Waals surface area contributed by atoms with Crippen LogP contribution >= 0.6 is 23.2 Å². The van der Waals surface area contributed by atoms with Gasteiger partial charge in [0, 0.05) is 33.4 Å². The van der Waals surface area contributed by atoms with Crippen LogP contribution in [0.4, 0.5) is 11.4 Å². The molecule has 32 heavy (non-hydrogen) atoms. The van der Waals surface area contributed by atoms with E-state index in [4.69, 9.17) is 23.2 Å². The summed E-state index contributed by atoms with van der Waals surface area (Å²) in [7, 11) is 0. The average molecular weight is 459 g/mol. The van der Waals surface area contributed by atoms with Crippen LogP contribution in [0.2, 0.25) is 10.0 Å². The third-order valence-corrected chi connectivity index (χ3v) is 6.62. The highest BCUT2D eigenvalue weighted by Crippen LogP contribution is 2.46. The molecule has 4 aromatic rings. The molecule has 4 aromatic carbocycles. The quantitative estimate of drug-likeness (QED) is 0.316. The number of benzene rings is 4. The lowest BCUT2D eigenvalue weighted by Gasteiger charge is -2.42. The second-order valence-electron chi connectivity index (χ2n) is 8.24. The van der Waals surface area contributed by atoms with E-state index in [1.807, 2.05) is 30.3 Å². The molecule has 0 bridgehead atoms. The summed E-state index contributed by atoms with van der Waals surface area (Å²) in [5, 5.41) is 9.09. The maximum Gasteiger partial charge on any atom is 0.0623 e. The van der Waals surface area contributed by atoms with E-state index in [0.717, 1.165) is 27.8 Å². The van der Waals surface area contributed by atoms with Crippen LogP contribution in [0.1, 0.15) is 28.7 Å². The van der Waals surface area contributed by atoms with Crippen molar-refractivity contribution in [3.05, 3.63) is 130 Å². The molecule has 0 saturated heterocycles. The highest BCUT2D eigenvalue weighted by atomic mass is 35.5. The minimum atomic E-state index is 0.0437. The van der Waals surface area contributed by atoms with Crippen molar-refractivity contribution in [1.82, 2.24) is 0 Å². The molecule has 2 N–H and O–H groups in total. The second-order valence-corrected chi connectivity index (χ2v) is 9.11. The monoisotopic (exact) mass is 458 g/mol. The van der Waals surface area contributed by atoms with Gasteiger partial charge in [0.25, 0.3) is 0 Å². The summed E-state index contributed by atoms with van der Waals surface area (Å²) < 4.78 is 0. The van der Waals surface area contributed by atoms with Crippen LogP contribution in [0.5, 0.6) is 0 Å². The summed E-state index contributed by atoms with van der Waals surface area (Å²) >= 11 is 12.6. The van der Waals surface area contributed by atoms with Gasteiger partial charge >= 0.3 is 0 Å². The molecule has 0 unspecified atom stereocenters. The van der Waals surface area contributed by atoms with Crippen LogP contribution in [0.25, 0.3) is 0 Å². The molecule has 1 heterocycles. The minimum absolute atomic E-state index is 0.0437. The average Bonchev–Trinajstić information content (AvgIpc) is 2.82. The Bertz CT molecular complexity index is 1180. The first-order valence-corrected chi connectivity index (χ1v) is 11.6. The first kappa shape index (κ1) is 20.9. The topological polar surface area (TPSA) is 24.1 Å². The molecule has 0 fully saturated rings. The maximum absolute atomic E-state index is 6.45. The summed E-state index contributed by atoms with van der Waals surface area (Å²) in [4.78, 5) is 0. The van der Waals surface area contributed by atoms with Crippen molar-refractivity contribution >= 4 is 34.6 Å². The van der Waals surface area contributed by atoms with Gasteiger partial charge in [-0.15, -0.1) is 0 Å². The molecule has 0 radical (unpaired) electrons. The summed E-state index contributed by atoms with van der Waals surface area (Å²) in [6.45, 7) is 0. The van der Waals surface area contributed by atoms with Gasteiger partial charge in [-0.25, -0.2) is 0 Å². The van der Waals surface area contributed by atoms with Crippen LogP contribution in [0.3, 0.4) is 0 Å². The Morgan fingerprint density at radius 1 is 0.719 bits per heavy atom. The molecule has 4 heteroatoms. The van der Waals surface area contributed by atoms with Crippen molar-refractivity contribution < 1.29 is 0 Å². The fraction of sp³-hybridized carbons (Fsp3) is 0.143. The van der Waals surface area contributed by atoms with Crippen LogP contribution in [0.15, 0.2) is 103 Å². The zero-order valence-electron chi connectivity index (χ0n) is 17.5. The van der Waals surface area contributed by atoms with Gasteiger partial charge in [0.05, 0.1) is 6.04 Å². The van der Waals surface area contributed by atoms with Crippen LogP contribution in [0, 0.1) is 0 Å². The third kappa shape index (κ3) is 4.48. The van der Waals surface area contributed by atoms with Crippen molar-refractivity contribution in [2.75, 3.05) is 10.6 Å². The van der Waals surface area contributed by atoms with Crippen LogP contribution in [-0.4, -0.2) is 6.04 Å². The minimum Gasteiger partial charge on any atom is -0.381 e.